The van der Waals surface area contributed by atoms with Gasteiger partial charge in [-0.2, -0.15) is 0 Å². The second-order valence-corrected chi connectivity index (χ2v) is 19.9. The Morgan fingerprint density at radius 1 is 0.957 bits per heavy atom. The zero-order valence-corrected chi connectivity index (χ0v) is 31.0. The molecule has 0 heterocycles. The molecule has 252 valence electrons. The van der Waals surface area contributed by atoms with Gasteiger partial charge in [0.2, 0.25) is 0 Å². The van der Waals surface area contributed by atoms with Crippen LogP contribution in [0.5, 0.6) is 0 Å². The first-order chi connectivity index (χ1) is 21.6. The van der Waals surface area contributed by atoms with Gasteiger partial charge in [-0.3, -0.25) is 4.79 Å². The maximum Gasteiger partial charge on any atom is 0.311 e. The van der Waals surface area contributed by atoms with Crippen molar-refractivity contribution in [3.63, 3.8) is 0 Å². The lowest BCUT2D eigenvalue weighted by Gasteiger charge is -2.47. The van der Waals surface area contributed by atoms with Crippen LogP contribution in [0, 0.1) is 29.1 Å². The molecule has 5 heteroatoms. The summed E-state index contributed by atoms with van der Waals surface area (Å²) in [6, 6.07) is 21.6. The van der Waals surface area contributed by atoms with Crippen LogP contribution in [-0.2, 0) is 14.0 Å². The molecule has 0 aliphatic heterocycles. The van der Waals surface area contributed by atoms with Crippen molar-refractivity contribution < 1.29 is 19.1 Å². The van der Waals surface area contributed by atoms with E-state index in [1.165, 1.54) is 22.0 Å². The molecule has 0 spiro atoms. The predicted octanol–water partition coefficient (Wildman–Crippen LogP) is 8.65. The maximum atomic E-state index is 13.0. The van der Waals surface area contributed by atoms with Gasteiger partial charge in [0.25, 0.3) is 8.32 Å². The summed E-state index contributed by atoms with van der Waals surface area (Å²) in [7, 11) is -2.81. The van der Waals surface area contributed by atoms with E-state index in [0.717, 1.165) is 19.3 Å². The highest BCUT2D eigenvalue weighted by Crippen LogP contribution is 2.46. The first-order valence-corrected chi connectivity index (χ1v) is 19.1. The molecule has 2 aromatic carbocycles. The third kappa shape index (κ3) is 8.79. The topological polar surface area (TPSA) is 55.8 Å². The average Bonchev–Trinajstić information content (AvgIpc) is 3.00. The van der Waals surface area contributed by atoms with Gasteiger partial charge in [-0.1, -0.05) is 119 Å². The van der Waals surface area contributed by atoms with Gasteiger partial charge in [0.15, 0.2) is 0 Å². The van der Waals surface area contributed by atoms with Gasteiger partial charge in [-0.05, 0) is 92.5 Å². The quantitative estimate of drug-likeness (QED) is 0.127. The Morgan fingerprint density at radius 3 is 1.93 bits per heavy atom. The summed E-state index contributed by atoms with van der Waals surface area (Å²) in [5.74, 6) is 0.939. The third-order valence-corrected chi connectivity index (χ3v) is 15.0. The van der Waals surface area contributed by atoms with E-state index in [9.17, 15) is 9.90 Å². The third-order valence-electron chi connectivity index (χ3n) is 9.92. The molecule has 0 aromatic heterocycles. The smallest absolute Gasteiger partial charge is 0.311 e. The molecule has 0 unspecified atom stereocenters. The van der Waals surface area contributed by atoms with E-state index in [0.29, 0.717) is 18.3 Å². The Kier molecular flexibility index (Phi) is 13.0. The zero-order chi connectivity index (χ0) is 34.3. The van der Waals surface area contributed by atoms with E-state index in [2.05, 4.69) is 121 Å². The van der Waals surface area contributed by atoms with Crippen LogP contribution in [0.3, 0.4) is 0 Å². The van der Waals surface area contributed by atoms with Crippen LogP contribution < -0.4 is 10.4 Å². The van der Waals surface area contributed by atoms with Crippen molar-refractivity contribution in [2.24, 2.45) is 29.1 Å². The molecule has 3 rings (SSSR count). The van der Waals surface area contributed by atoms with E-state index in [1.54, 1.807) is 0 Å². The van der Waals surface area contributed by atoms with Crippen molar-refractivity contribution in [2.45, 2.75) is 111 Å². The zero-order valence-electron chi connectivity index (χ0n) is 30.0. The van der Waals surface area contributed by atoms with E-state index >= 15 is 0 Å². The Balaban J connectivity index is 2.11. The molecule has 1 aliphatic rings. The van der Waals surface area contributed by atoms with E-state index in [1.807, 2.05) is 26.8 Å². The van der Waals surface area contributed by atoms with Crippen molar-refractivity contribution in [3.8, 4) is 0 Å². The Labute approximate surface area is 281 Å². The number of carbonyl (C=O) groups excluding carboxylic acids is 1. The van der Waals surface area contributed by atoms with Gasteiger partial charge in [-0.15, -0.1) is 13.2 Å². The number of carbonyl (C=O) groups is 1. The molecule has 4 nitrogen and oxygen atoms in total. The van der Waals surface area contributed by atoms with Crippen molar-refractivity contribution in [3.05, 3.63) is 97.6 Å². The normalized spacial score (nSPS) is 21.2. The number of allylic oxidation sites excluding steroid dienone is 2. The second kappa shape index (κ2) is 15.9. The van der Waals surface area contributed by atoms with E-state index in [-0.39, 0.29) is 28.9 Å². The highest BCUT2D eigenvalue weighted by Gasteiger charge is 2.52. The van der Waals surface area contributed by atoms with Gasteiger partial charge in [0.05, 0.1) is 5.41 Å². The van der Waals surface area contributed by atoms with Gasteiger partial charge < -0.3 is 14.3 Å². The monoisotopic (exact) mass is 644 g/mol. The number of ether oxygens (including phenoxy) is 1. The molecule has 0 saturated heterocycles. The van der Waals surface area contributed by atoms with Gasteiger partial charge in [0, 0.05) is 6.10 Å². The first kappa shape index (κ1) is 37.7. The number of aliphatic hydroxyl groups is 1. The lowest BCUT2D eigenvalue weighted by Crippen LogP contribution is -2.67. The molecule has 0 amide bonds. The van der Waals surface area contributed by atoms with E-state index in [4.69, 9.17) is 9.16 Å². The van der Waals surface area contributed by atoms with Crippen LogP contribution in [0.4, 0.5) is 0 Å². The van der Waals surface area contributed by atoms with E-state index < -0.39 is 25.9 Å². The Bertz CT molecular complexity index is 1260. The largest absolute Gasteiger partial charge is 0.459 e. The number of esters is 1. The molecule has 0 radical (unpaired) electrons. The minimum Gasteiger partial charge on any atom is -0.459 e. The fraction of sp³-hybridized carbons (Fsp3) is 0.537. The molecular weight excluding hydrogens is 585 g/mol. The number of hydrogen-bond acceptors (Lipinski definition) is 4. The Hall–Kier alpha value is -2.73. The SMILES string of the molecule is C=CC[C@@H](C[C@@H]1[C@@H](C(C)C)CC=C(C)[C@@H]1C[C@H](OC(=O)C(C)(C)C)[C@H](O)C=C)O[Si](c1ccccc1)(c1ccccc1)C(C)(C)C. The second-order valence-electron chi connectivity index (χ2n) is 15.7. The van der Waals surface area contributed by atoms with Crippen LogP contribution in [0.1, 0.15) is 88.0 Å². The standard InChI is InChI=1S/C41H60O4Si/c1-12-20-31(45-46(41(9,10)11,32-21-16-14-17-22-32)33-23-18-15-19-24-33)27-36-34(29(3)4)26-25-30(5)35(36)28-38(37(42)13-2)44-39(43)40(6,7)8/h12-19,21-25,29,31,34-38,42H,1-2,20,26-28H2,3-11H3/t31-,34+,35-,36+,37+,38-/m0/s1. The van der Waals surface area contributed by atoms with Crippen LogP contribution in [0.2, 0.25) is 5.04 Å². The highest BCUT2D eigenvalue weighted by molar-refractivity contribution is 6.99. The molecule has 0 fully saturated rings. The van der Waals surface area contributed by atoms with Crippen LogP contribution in [0.15, 0.2) is 97.6 Å². The first-order valence-electron chi connectivity index (χ1n) is 17.1. The molecule has 0 saturated carbocycles. The Morgan fingerprint density at radius 2 is 1.50 bits per heavy atom. The fourth-order valence-electron chi connectivity index (χ4n) is 7.35. The van der Waals surface area contributed by atoms with Crippen molar-refractivity contribution in [1.29, 1.82) is 0 Å². The summed E-state index contributed by atoms with van der Waals surface area (Å²) in [5.41, 5.74) is 0.618. The maximum absolute atomic E-state index is 13.0. The minimum absolute atomic E-state index is 0.0663. The minimum atomic E-state index is -2.81. The van der Waals surface area contributed by atoms with Gasteiger partial charge >= 0.3 is 5.97 Å². The number of aliphatic hydroxyl groups excluding tert-OH is 1. The highest BCUT2D eigenvalue weighted by atomic mass is 28.4. The molecular formula is C41H60O4Si. The number of rotatable bonds is 14. The lowest BCUT2D eigenvalue weighted by atomic mass is 9.64. The fourth-order valence-corrected chi connectivity index (χ4v) is 12.1. The van der Waals surface area contributed by atoms with Crippen LogP contribution >= 0.6 is 0 Å². The summed E-state index contributed by atoms with van der Waals surface area (Å²) in [6.07, 6.45) is 7.28. The molecule has 1 aliphatic carbocycles. The molecule has 6 atom stereocenters. The average molecular weight is 645 g/mol. The molecule has 2 aromatic rings. The van der Waals surface area contributed by atoms with Crippen LogP contribution in [0.25, 0.3) is 0 Å². The summed E-state index contributed by atoms with van der Waals surface area (Å²) in [4.78, 5) is 13.0. The molecule has 46 heavy (non-hydrogen) atoms. The number of benzene rings is 2. The van der Waals surface area contributed by atoms with Gasteiger partial charge in [-0.25, -0.2) is 0 Å². The van der Waals surface area contributed by atoms with Crippen molar-refractivity contribution in [2.75, 3.05) is 0 Å². The molecule has 0 bridgehead atoms. The van der Waals surface area contributed by atoms with Crippen LogP contribution in [-0.4, -0.2) is 37.7 Å². The summed E-state index contributed by atoms with van der Waals surface area (Å²) in [5, 5.41) is 13.4. The number of hydrogen-bond donors (Lipinski definition) is 1. The van der Waals surface area contributed by atoms with Crippen molar-refractivity contribution >= 4 is 24.7 Å². The summed E-state index contributed by atoms with van der Waals surface area (Å²) in [6.45, 7) is 27.3. The summed E-state index contributed by atoms with van der Waals surface area (Å²) < 4.78 is 13.7. The predicted molar refractivity (Wildman–Crippen MR) is 196 cm³/mol. The lowest BCUT2D eigenvalue weighted by molar-refractivity contribution is -0.164. The molecule has 1 N–H and O–H groups in total. The van der Waals surface area contributed by atoms with Gasteiger partial charge in [0.1, 0.15) is 12.2 Å². The van der Waals surface area contributed by atoms with Crippen molar-refractivity contribution in [1.82, 2.24) is 0 Å². The summed E-state index contributed by atoms with van der Waals surface area (Å²) >= 11 is 0.